The summed E-state index contributed by atoms with van der Waals surface area (Å²) in [5.41, 5.74) is 2.72. The van der Waals surface area contributed by atoms with Crippen LogP contribution >= 0.6 is 0 Å². The molecule has 4 rings (SSSR count). The maximum atomic E-state index is 12.6. The van der Waals surface area contributed by atoms with Crippen molar-refractivity contribution in [1.29, 1.82) is 0 Å². The van der Waals surface area contributed by atoms with Crippen LogP contribution in [0, 0.1) is 10.1 Å². The van der Waals surface area contributed by atoms with Gasteiger partial charge in [0.15, 0.2) is 0 Å². The predicted molar refractivity (Wildman–Crippen MR) is 99.0 cm³/mol. The Balaban J connectivity index is 1.59. The molecule has 8 nitrogen and oxygen atoms in total. The molecule has 1 aliphatic rings. The van der Waals surface area contributed by atoms with Gasteiger partial charge in [-0.05, 0) is 12.1 Å². The Labute approximate surface area is 154 Å². The minimum absolute atomic E-state index is 0.0993. The lowest BCUT2D eigenvalue weighted by molar-refractivity contribution is -0.385. The first-order valence-electron chi connectivity index (χ1n) is 8.59. The van der Waals surface area contributed by atoms with Crippen LogP contribution in [-0.4, -0.2) is 31.3 Å². The molecule has 2 aromatic heterocycles. The number of H-pyrrole nitrogens is 1. The van der Waals surface area contributed by atoms with Crippen LogP contribution < -0.4 is 5.56 Å². The van der Waals surface area contributed by atoms with Crippen molar-refractivity contribution < 1.29 is 4.92 Å². The van der Waals surface area contributed by atoms with Crippen LogP contribution in [0.15, 0.2) is 53.6 Å². The molecule has 1 N–H and O–H groups in total. The highest BCUT2D eigenvalue weighted by Gasteiger charge is 2.23. The zero-order valence-electron chi connectivity index (χ0n) is 14.5. The van der Waals surface area contributed by atoms with Crippen molar-refractivity contribution in [2.45, 2.75) is 19.5 Å². The Hall–Kier alpha value is -3.39. The van der Waals surface area contributed by atoms with Gasteiger partial charge in [0, 0.05) is 55.6 Å². The number of hydrogen-bond donors (Lipinski definition) is 1. The van der Waals surface area contributed by atoms with Crippen LogP contribution in [0.3, 0.4) is 0 Å². The lowest BCUT2D eigenvalue weighted by Gasteiger charge is -2.27. The quantitative estimate of drug-likeness (QED) is 0.563. The van der Waals surface area contributed by atoms with Gasteiger partial charge >= 0.3 is 0 Å². The molecule has 3 heterocycles. The molecule has 27 heavy (non-hydrogen) atoms. The average Bonchev–Trinajstić information content (AvgIpc) is 2.69. The van der Waals surface area contributed by atoms with E-state index in [0.717, 1.165) is 11.3 Å². The number of nitro groups is 1. The molecular formula is C19H17N5O3. The third kappa shape index (κ3) is 3.47. The number of pyridine rings is 1. The number of nitro benzene ring substituents is 1. The van der Waals surface area contributed by atoms with E-state index in [-0.39, 0.29) is 16.2 Å². The van der Waals surface area contributed by atoms with Crippen molar-refractivity contribution in [2.75, 3.05) is 6.54 Å². The fraction of sp³-hybridized carbons (Fsp3) is 0.211. The predicted octanol–water partition coefficient (Wildman–Crippen LogP) is 2.30. The number of nitrogens with zero attached hydrogens (tertiary/aromatic N) is 4. The Bertz CT molecular complexity index is 1050. The van der Waals surface area contributed by atoms with Gasteiger partial charge in [-0.2, -0.15) is 0 Å². The number of para-hydroxylation sites is 1. The van der Waals surface area contributed by atoms with Crippen LogP contribution in [-0.2, 0) is 19.5 Å². The lowest BCUT2D eigenvalue weighted by atomic mass is 10.0. The van der Waals surface area contributed by atoms with E-state index >= 15 is 0 Å². The molecule has 0 atom stereocenters. The summed E-state index contributed by atoms with van der Waals surface area (Å²) in [7, 11) is 0. The molecule has 1 aromatic carbocycles. The van der Waals surface area contributed by atoms with E-state index in [1.807, 2.05) is 11.0 Å². The van der Waals surface area contributed by atoms with Gasteiger partial charge in [0.1, 0.15) is 5.82 Å². The third-order valence-corrected chi connectivity index (χ3v) is 4.66. The Morgan fingerprint density at radius 2 is 2.07 bits per heavy atom. The van der Waals surface area contributed by atoms with Gasteiger partial charge in [0.2, 0.25) is 0 Å². The molecule has 0 unspecified atom stereocenters. The third-order valence-electron chi connectivity index (χ3n) is 4.66. The van der Waals surface area contributed by atoms with E-state index in [2.05, 4.69) is 15.0 Å². The standard InChI is InChI=1S/C19H17N5O3/c25-19-15-12-23(11-14-4-1-2-6-17(14)24(26)27)9-7-16(15)21-18(22-19)13-5-3-8-20-10-13/h1-6,8,10H,7,9,11-12H2,(H,21,22,25). The minimum Gasteiger partial charge on any atom is -0.306 e. The molecule has 0 spiro atoms. The first-order chi connectivity index (χ1) is 13.1. The van der Waals surface area contributed by atoms with Crippen LogP contribution in [0.4, 0.5) is 5.69 Å². The largest absolute Gasteiger partial charge is 0.306 e. The van der Waals surface area contributed by atoms with Crippen LogP contribution in [0.5, 0.6) is 0 Å². The topological polar surface area (TPSA) is 105 Å². The van der Waals surface area contributed by atoms with Gasteiger partial charge in [-0.3, -0.25) is 24.8 Å². The summed E-state index contributed by atoms with van der Waals surface area (Å²) in [5, 5.41) is 11.2. The molecule has 1 aliphatic heterocycles. The van der Waals surface area contributed by atoms with E-state index in [1.54, 1.807) is 36.7 Å². The average molecular weight is 363 g/mol. The summed E-state index contributed by atoms with van der Waals surface area (Å²) in [6, 6.07) is 10.3. The molecule has 136 valence electrons. The summed E-state index contributed by atoms with van der Waals surface area (Å²) >= 11 is 0. The summed E-state index contributed by atoms with van der Waals surface area (Å²) in [6.07, 6.45) is 3.95. The smallest absolute Gasteiger partial charge is 0.273 e. The van der Waals surface area contributed by atoms with Crippen molar-refractivity contribution >= 4 is 5.69 Å². The van der Waals surface area contributed by atoms with E-state index < -0.39 is 0 Å². The lowest BCUT2D eigenvalue weighted by Crippen LogP contribution is -2.35. The first-order valence-corrected chi connectivity index (χ1v) is 8.59. The van der Waals surface area contributed by atoms with E-state index in [0.29, 0.717) is 43.0 Å². The van der Waals surface area contributed by atoms with E-state index in [4.69, 9.17) is 0 Å². The normalized spacial score (nSPS) is 13.9. The maximum Gasteiger partial charge on any atom is 0.273 e. The number of aromatic nitrogens is 3. The van der Waals surface area contributed by atoms with Gasteiger partial charge in [0.05, 0.1) is 16.2 Å². The van der Waals surface area contributed by atoms with Crippen molar-refractivity contribution in [2.24, 2.45) is 0 Å². The molecule has 8 heteroatoms. The van der Waals surface area contributed by atoms with Gasteiger partial charge in [0.25, 0.3) is 11.2 Å². The monoisotopic (exact) mass is 363 g/mol. The first kappa shape index (κ1) is 17.0. The second-order valence-corrected chi connectivity index (χ2v) is 6.43. The van der Waals surface area contributed by atoms with Crippen molar-refractivity contribution in [3.05, 3.63) is 86.1 Å². The summed E-state index contributed by atoms with van der Waals surface area (Å²) in [4.78, 5) is 36.9. The number of nitrogens with one attached hydrogen (secondary N) is 1. The van der Waals surface area contributed by atoms with Crippen molar-refractivity contribution in [3.63, 3.8) is 0 Å². The molecule has 0 bridgehead atoms. The van der Waals surface area contributed by atoms with Gasteiger partial charge in [-0.15, -0.1) is 0 Å². The Morgan fingerprint density at radius 1 is 1.22 bits per heavy atom. The molecule has 0 amide bonds. The Kier molecular flexibility index (Phi) is 4.47. The molecule has 0 radical (unpaired) electrons. The van der Waals surface area contributed by atoms with Crippen LogP contribution in [0.2, 0.25) is 0 Å². The van der Waals surface area contributed by atoms with Crippen molar-refractivity contribution in [1.82, 2.24) is 19.9 Å². The van der Waals surface area contributed by atoms with Crippen LogP contribution in [0.25, 0.3) is 11.4 Å². The number of hydrogen-bond acceptors (Lipinski definition) is 6. The van der Waals surface area contributed by atoms with Gasteiger partial charge in [-0.25, -0.2) is 4.98 Å². The highest BCUT2D eigenvalue weighted by Crippen LogP contribution is 2.23. The number of fused-ring (bicyclic) bond motifs is 1. The number of aromatic amines is 1. The Morgan fingerprint density at radius 3 is 2.85 bits per heavy atom. The fourth-order valence-electron chi connectivity index (χ4n) is 3.32. The number of benzene rings is 1. The minimum atomic E-state index is -0.373. The molecule has 0 fully saturated rings. The second kappa shape index (κ2) is 7.08. The second-order valence-electron chi connectivity index (χ2n) is 6.43. The highest BCUT2D eigenvalue weighted by molar-refractivity contribution is 5.53. The zero-order chi connectivity index (χ0) is 18.8. The summed E-state index contributed by atoms with van der Waals surface area (Å²) < 4.78 is 0. The number of rotatable bonds is 4. The summed E-state index contributed by atoms with van der Waals surface area (Å²) in [5.74, 6) is 0.513. The van der Waals surface area contributed by atoms with E-state index in [1.165, 1.54) is 6.07 Å². The molecular weight excluding hydrogens is 346 g/mol. The zero-order valence-corrected chi connectivity index (χ0v) is 14.5. The fourth-order valence-corrected chi connectivity index (χ4v) is 3.32. The maximum absolute atomic E-state index is 12.6. The molecule has 0 aliphatic carbocycles. The highest BCUT2D eigenvalue weighted by atomic mass is 16.6. The SMILES string of the molecule is O=c1[nH]c(-c2cccnc2)nc2c1CN(Cc1ccccc1[N+](=O)[O-])CC2. The van der Waals surface area contributed by atoms with Gasteiger partial charge in [-0.1, -0.05) is 18.2 Å². The van der Waals surface area contributed by atoms with Gasteiger partial charge < -0.3 is 4.98 Å². The van der Waals surface area contributed by atoms with Crippen molar-refractivity contribution in [3.8, 4) is 11.4 Å². The van der Waals surface area contributed by atoms with Crippen LogP contribution in [0.1, 0.15) is 16.8 Å². The molecule has 0 saturated carbocycles. The molecule has 0 saturated heterocycles. The van der Waals surface area contributed by atoms with E-state index in [9.17, 15) is 14.9 Å². The summed E-state index contributed by atoms with van der Waals surface area (Å²) in [6.45, 7) is 1.51. The molecule has 3 aromatic rings.